The van der Waals surface area contributed by atoms with Crippen molar-refractivity contribution in [1.82, 2.24) is 10.3 Å². The first kappa shape index (κ1) is 13.3. The van der Waals surface area contributed by atoms with Crippen molar-refractivity contribution in [3.05, 3.63) is 65.5 Å². The van der Waals surface area contributed by atoms with E-state index in [2.05, 4.69) is 30.2 Å². The van der Waals surface area contributed by atoms with E-state index in [0.29, 0.717) is 5.56 Å². The Morgan fingerprint density at radius 3 is 2.63 bits per heavy atom. The lowest BCUT2D eigenvalue weighted by Crippen LogP contribution is -2.23. The molecule has 0 radical (unpaired) electrons. The number of nitriles is 1. The van der Waals surface area contributed by atoms with Crippen molar-refractivity contribution in [2.24, 2.45) is 0 Å². The molecule has 1 aromatic heterocycles. The smallest absolute Gasteiger partial charge is 0.0991 e. The molecular weight excluding hydrogens is 234 g/mol. The average Bonchev–Trinajstić information content (AvgIpc) is 2.48. The van der Waals surface area contributed by atoms with E-state index in [0.717, 1.165) is 11.3 Å². The van der Waals surface area contributed by atoms with Crippen LogP contribution in [0.2, 0.25) is 0 Å². The van der Waals surface area contributed by atoms with Crippen molar-refractivity contribution in [2.75, 3.05) is 0 Å². The van der Waals surface area contributed by atoms with Gasteiger partial charge in [0, 0.05) is 18.3 Å². The minimum atomic E-state index is 0.168. The van der Waals surface area contributed by atoms with Gasteiger partial charge in [-0.15, -0.1) is 0 Å². The van der Waals surface area contributed by atoms with Gasteiger partial charge in [0.25, 0.3) is 0 Å². The molecule has 3 nitrogen and oxygen atoms in total. The van der Waals surface area contributed by atoms with Gasteiger partial charge in [0.2, 0.25) is 0 Å². The highest BCUT2D eigenvalue weighted by molar-refractivity contribution is 5.34. The molecule has 2 aromatic rings. The SMILES string of the molecule is CC(N[C@@H](C)c1ccccn1)c1cccc(C#N)c1. The standard InChI is InChI=1S/C16H17N3/c1-12(15-7-5-6-14(10-15)11-17)19-13(2)16-8-3-4-9-18-16/h3-10,12-13,19H,1-2H3/t12?,13-/m0/s1. The van der Waals surface area contributed by atoms with Crippen LogP contribution in [-0.2, 0) is 0 Å². The number of rotatable bonds is 4. The molecule has 0 amide bonds. The van der Waals surface area contributed by atoms with Crippen molar-refractivity contribution in [3.8, 4) is 6.07 Å². The van der Waals surface area contributed by atoms with E-state index in [1.54, 1.807) is 6.20 Å². The lowest BCUT2D eigenvalue weighted by molar-refractivity contribution is 0.486. The van der Waals surface area contributed by atoms with Gasteiger partial charge in [0.15, 0.2) is 0 Å². The molecule has 0 bridgehead atoms. The van der Waals surface area contributed by atoms with Crippen molar-refractivity contribution >= 4 is 0 Å². The number of pyridine rings is 1. The Bertz CT molecular complexity index is 572. The molecule has 0 fully saturated rings. The van der Waals surface area contributed by atoms with Gasteiger partial charge in [-0.2, -0.15) is 5.26 Å². The first-order chi connectivity index (χ1) is 9.20. The highest BCUT2D eigenvalue weighted by Crippen LogP contribution is 2.18. The highest BCUT2D eigenvalue weighted by Gasteiger charge is 2.12. The van der Waals surface area contributed by atoms with Crippen LogP contribution in [-0.4, -0.2) is 4.98 Å². The maximum absolute atomic E-state index is 8.92. The molecule has 1 N–H and O–H groups in total. The normalized spacial score (nSPS) is 13.5. The fourth-order valence-electron chi connectivity index (χ4n) is 2.07. The van der Waals surface area contributed by atoms with E-state index in [1.165, 1.54) is 0 Å². The summed E-state index contributed by atoms with van der Waals surface area (Å²) in [7, 11) is 0. The minimum absolute atomic E-state index is 0.168. The first-order valence-electron chi connectivity index (χ1n) is 6.37. The summed E-state index contributed by atoms with van der Waals surface area (Å²) in [5.74, 6) is 0. The average molecular weight is 251 g/mol. The lowest BCUT2D eigenvalue weighted by atomic mass is 10.0. The number of nitrogens with one attached hydrogen (secondary N) is 1. The van der Waals surface area contributed by atoms with Gasteiger partial charge < -0.3 is 5.32 Å². The maximum atomic E-state index is 8.92. The molecule has 0 aliphatic rings. The number of hydrogen-bond donors (Lipinski definition) is 1. The second-order valence-electron chi connectivity index (χ2n) is 4.60. The van der Waals surface area contributed by atoms with Crippen LogP contribution in [0.15, 0.2) is 48.7 Å². The van der Waals surface area contributed by atoms with Crippen molar-refractivity contribution in [1.29, 1.82) is 5.26 Å². The Balaban J connectivity index is 2.08. The monoisotopic (exact) mass is 251 g/mol. The van der Waals surface area contributed by atoms with Gasteiger partial charge in [0.05, 0.1) is 17.3 Å². The van der Waals surface area contributed by atoms with Gasteiger partial charge in [-0.1, -0.05) is 18.2 Å². The predicted molar refractivity (Wildman–Crippen MR) is 75.4 cm³/mol. The molecule has 19 heavy (non-hydrogen) atoms. The second kappa shape index (κ2) is 6.12. The zero-order chi connectivity index (χ0) is 13.7. The Kier molecular flexibility index (Phi) is 4.27. The number of benzene rings is 1. The van der Waals surface area contributed by atoms with E-state index in [-0.39, 0.29) is 12.1 Å². The number of aromatic nitrogens is 1. The molecule has 1 unspecified atom stereocenters. The molecule has 0 aliphatic carbocycles. The largest absolute Gasteiger partial charge is 0.302 e. The van der Waals surface area contributed by atoms with Crippen molar-refractivity contribution in [2.45, 2.75) is 25.9 Å². The van der Waals surface area contributed by atoms with Crippen LogP contribution < -0.4 is 5.32 Å². The fourth-order valence-corrected chi connectivity index (χ4v) is 2.07. The summed E-state index contributed by atoms with van der Waals surface area (Å²) < 4.78 is 0. The Morgan fingerprint density at radius 1 is 1.11 bits per heavy atom. The topological polar surface area (TPSA) is 48.7 Å². The fraction of sp³-hybridized carbons (Fsp3) is 0.250. The Labute approximate surface area is 113 Å². The molecule has 1 aromatic carbocycles. The van der Waals surface area contributed by atoms with Gasteiger partial charge in [-0.3, -0.25) is 4.98 Å². The molecule has 96 valence electrons. The molecule has 0 aliphatic heterocycles. The molecule has 2 rings (SSSR count). The summed E-state index contributed by atoms with van der Waals surface area (Å²) >= 11 is 0. The Morgan fingerprint density at radius 2 is 1.95 bits per heavy atom. The van der Waals surface area contributed by atoms with Crippen molar-refractivity contribution < 1.29 is 0 Å². The van der Waals surface area contributed by atoms with E-state index >= 15 is 0 Å². The van der Waals surface area contributed by atoms with Gasteiger partial charge in [0.1, 0.15) is 0 Å². The molecule has 0 saturated carbocycles. The molecule has 0 spiro atoms. The zero-order valence-corrected chi connectivity index (χ0v) is 11.2. The summed E-state index contributed by atoms with van der Waals surface area (Å²) in [5.41, 5.74) is 2.82. The third-order valence-corrected chi connectivity index (χ3v) is 3.15. The zero-order valence-electron chi connectivity index (χ0n) is 11.2. The summed E-state index contributed by atoms with van der Waals surface area (Å²) in [6.07, 6.45) is 1.80. The third kappa shape index (κ3) is 3.40. The number of nitrogens with zero attached hydrogens (tertiary/aromatic N) is 2. The third-order valence-electron chi connectivity index (χ3n) is 3.15. The van der Waals surface area contributed by atoms with Crippen LogP contribution in [0, 0.1) is 11.3 Å². The summed E-state index contributed by atoms with van der Waals surface area (Å²) in [6.45, 7) is 4.18. The van der Waals surface area contributed by atoms with Crippen LogP contribution in [0.5, 0.6) is 0 Å². The molecular formula is C16H17N3. The van der Waals surface area contributed by atoms with Crippen LogP contribution in [0.4, 0.5) is 0 Å². The van der Waals surface area contributed by atoms with Gasteiger partial charge >= 0.3 is 0 Å². The van der Waals surface area contributed by atoms with E-state index in [1.807, 2.05) is 42.5 Å². The maximum Gasteiger partial charge on any atom is 0.0991 e. The van der Waals surface area contributed by atoms with E-state index in [9.17, 15) is 0 Å². The summed E-state index contributed by atoms with van der Waals surface area (Å²) in [4.78, 5) is 4.34. The lowest BCUT2D eigenvalue weighted by Gasteiger charge is -2.20. The van der Waals surface area contributed by atoms with Crippen LogP contribution >= 0.6 is 0 Å². The molecule has 0 saturated heterocycles. The van der Waals surface area contributed by atoms with Gasteiger partial charge in [-0.05, 0) is 43.7 Å². The quantitative estimate of drug-likeness (QED) is 0.906. The number of hydrogen-bond acceptors (Lipinski definition) is 3. The summed E-state index contributed by atoms with van der Waals surface area (Å²) in [6, 6.07) is 16.1. The first-order valence-corrected chi connectivity index (χ1v) is 6.37. The van der Waals surface area contributed by atoms with Crippen LogP contribution in [0.3, 0.4) is 0 Å². The molecule has 2 atom stereocenters. The molecule has 3 heteroatoms. The van der Waals surface area contributed by atoms with Gasteiger partial charge in [-0.25, -0.2) is 0 Å². The van der Waals surface area contributed by atoms with E-state index in [4.69, 9.17) is 5.26 Å². The Hall–Kier alpha value is -2.18. The highest BCUT2D eigenvalue weighted by atomic mass is 15.0. The van der Waals surface area contributed by atoms with Crippen LogP contribution in [0.1, 0.15) is 42.8 Å². The van der Waals surface area contributed by atoms with Crippen LogP contribution in [0.25, 0.3) is 0 Å². The van der Waals surface area contributed by atoms with Crippen molar-refractivity contribution in [3.63, 3.8) is 0 Å². The summed E-state index contributed by atoms with van der Waals surface area (Å²) in [5, 5.41) is 12.4. The molecule has 1 heterocycles. The minimum Gasteiger partial charge on any atom is -0.302 e. The predicted octanol–water partition coefficient (Wildman–Crippen LogP) is 3.37. The second-order valence-corrected chi connectivity index (χ2v) is 4.60. The van der Waals surface area contributed by atoms with E-state index < -0.39 is 0 Å².